The summed E-state index contributed by atoms with van der Waals surface area (Å²) in [7, 11) is 0. The summed E-state index contributed by atoms with van der Waals surface area (Å²) in [6.07, 6.45) is 0.259. The van der Waals surface area contributed by atoms with Crippen LogP contribution in [-0.4, -0.2) is 22.4 Å². The molecule has 0 spiro atoms. The van der Waals surface area contributed by atoms with Crippen LogP contribution in [0.3, 0.4) is 0 Å². The van der Waals surface area contributed by atoms with Crippen molar-refractivity contribution in [1.82, 2.24) is 0 Å². The van der Waals surface area contributed by atoms with Crippen molar-refractivity contribution < 1.29 is 19.2 Å². The van der Waals surface area contributed by atoms with Crippen LogP contribution >= 0.6 is 0 Å². The predicted octanol–water partition coefficient (Wildman–Crippen LogP) is 3.01. The topological polar surface area (TPSA) is 98.5 Å². The molecular formula is C18H16N2O5. The van der Waals surface area contributed by atoms with Crippen molar-refractivity contribution in [3.63, 3.8) is 0 Å². The van der Waals surface area contributed by atoms with Gasteiger partial charge in [-0.3, -0.25) is 14.9 Å². The Labute approximate surface area is 143 Å². The highest BCUT2D eigenvalue weighted by molar-refractivity contribution is 6.02. The van der Waals surface area contributed by atoms with Gasteiger partial charge in [0.15, 0.2) is 5.60 Å². The number of fused-ring (bicyclic) bond motifs is 1. The first-order valence-electron chi connectivity index (χ1n) is 7.67. The van der Waals surface area contributed by atoms with E-state index in [2.05, 4.69) is 5.32 Å². The van der Waals surface area contributed by atoms with E-state index in [-0.39, 0.29) is 12.1 Å². The molecule has 1 heterocycles. The summed E-state index contributed by atoms with van der Waals surface area (Å²) in [5, 5.41) is 13.3. The van der Waals surface area contributed by atoms with E-state index in [1.807, 2.05) is 19.1 Å². The van der Waals surface area contributed by atoms with Crippen molar-refractivity contribution in [2.45, 2.75) is 25.9 Å². The molecule has 7 nitrogen and oxygen atoms in total. The molecule has 0 aliphatic carbocycles. The first-order valence-corrected chi connectivity index (χ1v) is 7.67. The molecule has 2 aromatic rings. The highest BCUT2D eigenvalue weighted by atomic mass is 16.6. The van der Waals surface area contributed by atoms with Crippen molar-refractivity contribution in [1.29, 1.82) is 0 Å². The number of amides is 1. The Morgan fingerprint density at radius 2 is 1.92 bits per heavy atom. The Morgan fingerprint density at radius 1 is 1.24 bits per heavy atom. The molecule has 1 unspecified atom stereocenters. The summed E-state index contributed by atoms with van der Waals surface area (Å²) in [5.74, 6) is -1.02. The van der Waals surface area contributed by atoms with Gasteiger partial charge in [-0.1, -0.05) is 17.7 Å². The van der Waals surface area contributed by atoms with Crippen LogP contribution in [0.1, 0.15) is 28.4 Å². The highest BCUT2D eigenvalue weighted by Crippen LogP contribution is 2.30. The fourth-order valence-electron chi connectivity index (χ4n) is 2.78. The zero-order valence-electron chi connectivity index (χ0n) is 13.7. The van der Waals surface area contributed by atoms with Crippen LogP contribution in [0, 0.1) is 17.0 Å². The molecule has 128 valence electrons. The van der Waals surface area contributed by atoms with Gasteiger partial charge in [-0.15, -0.1) is 0 Å². The van der Waals surface area contributed by atoms with Crippen molar-refractivity contribution in [3.8, 4) is 0 Å². The van der Waals surface area contributed by atoms with Crippen molar-refractivity contribution in [3.05, 3.63) is 69.3 Å². The summed E-state index contributed by atoms with van der Waals surface area (Å²) in [6.45, 7) is 3.46. The number of esters is 1. The SMILES string of the molecule is Cc1ccc2c(c1)CC(C)(C(=O)Nc1ccc([N+](=O)[O-])cc1)OC2=O. The third-order valence-electron chi connectivity index (χ3n) is 4.14. The number of anilines is 1. The van der Waals surface area contributed by atoms with E-state index in [9.17, 15) is 19.7 Å². The number of ether oxygens (including phenoxy) is 1. The van der Waals surface area contributed by atoms with Gasteiger partial charge < -0.3 is 10.1 Å². The van der Waals surface area contributed by atoms with E-state index in [0.717, 1.165) is 11.1 Å². The number of hydrogen-bond donors (Lipinski definition) is 1. The van der Waals surface area contributed by atoms with Gasteiger partial charge in [-0.25, -0.2) is 4.79 Å². The lowest BCUT2D eigenvalue weighted by atomic mass is 9.88. The second kappa shape index (κ2) is 6.01. The van der Waals surface area contributed by atoms with Crippen LogP contribution in [0.25, 0.3) is 0 Å². The van der Waals surface area contributed by atoms with Crippen molar-refractivity contribution in [2.24, 2.45) is 0 Å². The van der Waals surface area contributed by atoms with Gasteiger partial charge in [0.25, 0.3) is 11.6 Å². The van der Waals surface area contributed by atoms with E-state index >= 15 is 0 Å². The summed E-state index contributed by atoms with van der Waals surface area (Å²) in [5.41, 5.74) is 1.19. The summed E-state index contributed by atoms with van der Waals surface area (Å²) >= 11 is 0. The fraction of sp³-hybridized carbons (Fsp3) is 0.222. The van der Waals surface area contributed by atoms with Gasteiger partial charge in [0.2, 0.25) is 0 Å². The number of nitrogens with one attached hydrogen (secondary N) is 1. The number of nitro groups is 1. The van der Waals surface area contributed by atoms with E-state index < -0.39 is 22.4 Å². The quantitative estimate of drug-likeness (QED) is 0.526. The number of aryl methyl sites for hydroxylation is 1. The lowest BCUT2D eigenvalue weighted by molar-refractivity contribution is -0.384. The molecule has 0 saturated heterocycles. The van der Waals surface area contributed by atoms with Crippen molar-refractivity contribution >= 4 is 23.3 Å². The van der Waals surface area contributed by atoms with Crippen LogP contribution in [0.4, 0.5) is 11.4 Å². The number of carbonyl (C=O) groups excluding carboxylic acids is 2. The summed E-state index contributed by atoms with van der Waals surface area (Å²) in [4.78, 5) is 35.0. The fourth-order valence-corrected chi connectivity index (χ4v) is 2.78. The largest absolute Gasteiger partial charge is 0.445 e. The molecule has 0 fully saturated rings. The zero-order chi connectivity index (χ0) is 18.2. The molecule has 0 saturated carbocycles. The first-order chi connectivity index (χ1) is 11.8. The molecule has 0 aromatic heterocycles. The molecule has 7 heteroatoms. The van der Waals surface area contributed by atoms with Gasteiger partial charge >= 0.3 is 5.97 Å². The number of nitrogens with zero attached hydrogens (tertiary/aromatic N) is 1. The third-order valence-corrected chi connectivity index (χ3v) is 4.14. The lowest BCUT2D eigenvalue weighted by Gasteiger charge is -2.33. The first kappa shape index (κ1) is 16.6. The Kier molecular flexibility index (Phi) is 4.00. The molecular weight excluding hydrogens is 324 g/mol. The molecule has 3 rings (SSSR count). The Bertz CT molecular complexity index is 876. The molecule has 1 atom stereocenters. The minimum atomic E-state index is -1.35. The lowest BCUT2D eigenvalue weighted by Crippen LogP contribution is -2.48. The molecule has 1 amide bonds. The number of non-ortho nitro benzene ring substituents is 1. The minimum absolute atomic E-state index is 0.0716. The maximum Gasteiger partial charge on any atom is 0.339 e. The normalized spacial score (nSPS) is 18.9. The molecule has 0 bridgehead atoms. The number of carbonyl (C=O) groups is 2. The highest BCUT2D eigenvalue weighted by Gasteiger charge is 2.42. The molecule has 1 aliphatic rings. The molecule has 2 aromatic carbocycles. The maximum absolute atomic E-state index is 12.6. The summed E-state index contributed by atoms with van der Waals surface area (Å²) < 4.78 is 5.38. The number of benzene rings is 2. The van der Waals surface area contributed by atoms with Crippen LogP contribution in [0.15, 0.2) is 42.5 Å². The third kappa shape index (κ3) is 3.21. The Balaban J connectivity index is 1.82. The maximum atomic E-state index is 12.6. The van der Waals surface area contributed by atoms with E-state index in [4.69, 9.17) is 4.74 Å². The van der Waals surface area contributed by atoms with E-state index in [1.54, 1.807) is 13.0 Å². The monoisotopic (exact) mass is 340 g/mol. The van der Waals surface area contributed by atoms with E-state index in [1.165, 1.54) is 24.3 Å². The van der Waals surface area contributed by atoms with E-state index in [0.29, 0.717) is 11.3 Å². The van der Waals surface area contributed by atoms with Gasteiger partial charge in [-0.05, 0) is 37.6 Å². The molecule has 1 aliphatic heterocycles. The van der Waals surface area contributed by atoms with Crippen LogP contribution in [0.2, 0.25) is 0 Å². The van der Waals surface area contributed by atoms with Gasteiger partial charge in [0, 0.05) is 24.2 Å². The van der Waals surface area contributed by atoms with Crippen LogP contribution in [0.5, 0.6) is 0 Å². The number of cyclic esters (lactones) is 1. The minimum Gasteiger partial charge on any atom is -0.445 e. The van der Waals surface area contributed by atoms with Gasteiger partial charge in [0.1, 0.15) is 0 Å². The standard InChI is InChI=1S/C18H16N2O5/c1-11-3-8-15-12(9-11)10-18(2,25-16(15)21)17(22)19-13-4-6-14(7-5-13)20(23)24/h3-9H,10H2,1-2H3,(H,19,22). The summed E-state index contributed by atoms with van der Waals surface area (Å²) in [6, 6.07) is 10.8. The zero-order valence-corrected chi connectivity index (χ0v) is 13.7. The average molecular weight is 340 g/mol. The Hall–Kier alpha value is -3.22. The predicted molar refractivity (Wildman–Crippen MR) is 90.4 cm³/mol. The van der Waals surface area contributed by atoms with Crippen molar-refractivity contribution in [2.75, 3.05) is 5.32 Å². The molecule has 1 N–H and O–H groups in total. The second-order valence-electron chi connectivity index (χ2n) is 6.22. The number of hydrogen-bond acceptors (Lipinski definition) is 5. The smallest absolute Gasteiger partial charge is 0.339 e. The van der Waals surface area contributed by atoms with Gasteiger partial charge in [-0.2, -0.15) is 0 Å². The number of rotatable bonds is 3. The number of nitro benzene ring substituents is 1. The molecule has 0 radical (unpaired) electrons. The second-order valence-corrected chi connectivity index (χ2v) is 6.22. The van der Waals surface area contributed by atoms with Crippen LogP contribution in [-0.2, 0) is 16.0 Å². The molecule has 25 heavy (non-hydrogen) atoms. The Morgan fingerprint density at radius 3 is 2.56 bits per heavy atom. The van der Waals surface area contributed by atoms with Crippen LogP contribution < -0.4 is 5.32 Å². The average Bonchev–Trinajstić information content (AvgIpc) is 2.54. The van der Waals surface area contributed by atoms with Gasteiger partial charge in [0.05, 0.1) is 10.5 Å².